The maximum Gasteiger partial charge on any atom is 0.126 e. The molecular weight excluding hydrogens is 160 g/mol. The van der Waals surface area contributed by atoms with Crippen LogP contribution in [0.25, 0.3) is 0 Å². The van der Waals surface area contributed by atoms with Gasteiger partial charge < -0.3 is 4.98 Å². The molecule has 1 fully saturated rings. The molecule has 0 unspecified atom stereocenters. The molecule has 0 radical (unpaired) electrons. The lowest BCUT2D eigenvalue weighted by atomic mass is 10.1. The second-order valence-corrected chi connectivity index (χ2v) is 3.50. The maximum atomic E-state index is 5.72. The highest BCUT2D eigenvalue weighted by Gasteiger charge is 2.19. The maximum absolute atomic E-state index is 5.72. The van der Waals surface area contributed by atoms with Crippen LogP contribution in [0, 0.1) is 0 Å². The summed E-state index contributed by atoms with van der Waals surface area (Å²) in [6.45, 7) is 0. The number of hydrogen-bond acceptors (Lipinski definition) is 1. The zero-order valence-electron chi connectivity index (χ0n) is 6.31. The number of nitrogens with zero attached hydrogens (tertiary/aromatic N) is 1. The fourth-order valence-corrected chi connectivity index (χ4v) is 1.87. The van der Waals surface area contributed by atoms with Gasteiger partial charge in [-0.25, -0.2) is 4.98 Å². The number of hydrogen-bond donors (Lipinski definition) is 1. The smallest absolute Gasteiger partial charge is 0.126 e. The molecule has 1 aromatic heterocycles. The molecule has 1 aromatic rings. The predicted molar refractivity (Wildman–Crippen MR) is 44.8 cm³/mol. The quantitative estimate of drug-likeness (QED) is 0.690. The first-order valence-corrected chi connectivity index (χ1v) is 4.44. The number of H-pyrrole nitrogens is 1. The zero-order chi connectivity index (χ0) is 7.68. The summed E-state index contributed by atoms with van der Waals surface area (Å²) in [6, 6.07) is 0. The van der Waals surface area contributed by atoms with Crippen molar-refractivity contribution in [1.29, 1.82) is 0 Å². The normalized spacial score (nSPS) is 19.4. The number of rotatable bonds is 1. The monoisotopic (exact) mass is 170 g/mol. The van der Waals surface area contributed by atoms with Crippen LogP contribution >= 0.6 is 11.6 Å². The molecule has 2 rings (SSSR count). The van der Waals surface area contributed by atoms with Gasteiger partial charge >= 0.3 is 0 Å². The highest BCUT2D eigenvalue weighted by atomic mass is 35.5. The van der Waals surface area contributed by atoms with Gasteiger partial charge in [0.05, 0.1) is 6.20 Å². The Bertz CT molecular complexity index is 238. The standard InChI is InChI=1S/C8H11ClN2/c9-7-5-10-8(11-7)6-3-1-2-4-6/h5-6H,1-4H2,(H,10,11). The van der Waals surface area contributed by atoms with Crippen molar-refractivity contribution >= 4 is 11.6 Å². The first kappa shape index (κ1) is 7.17. The topological polar surface area (TPSA) is 28.7 Å². The average Bonchev–Trinajstić information content (AvgIpc) is 2.55. The second kappa shape index (κ2) is 2.86. The second-order valence-electron chi connectivity index (χ2n) is 3.10. The lowest BCUT2D eigenvalue weighted by molar-refractivity contribution is 0.678. The van der Waals surface area contributed by atoms with Gasteiger partial charge in [-0.15, -0.1) is 0 Å². The molecule has 1 aliphatic rings. The first-order chi connectivity index (χ1) is 5.36. The van der Waals surface area contributed by atoms with E-state index in [1.165, 1.54) is 25.7 Å². The van der Waals surface area contributed by atoms with Crippen LogP contribution in [-0.4, -0.2) is 9.97 Å². The summed E-state index contributed by atoms with van der Waals surface area (Å²) < 4.78 is 0. The van der Waals surface area contributed by atoms with Crippen molar-refractivity contribution in [1.82, 2.24) is 9.97 Å². The van der Waals surface area contributed by atoms with Gasteiger partial charge in [0.2, 0.25) is 0 Å². The van der Waals surface area contributed by atoms with Crippen molar-refractivity contribution in [2.24, 2.45) is 0 Å². The Labute approximate surface area is 71.0 Å². The lowest BCUT2D eigenvalue weighted by Crippen LogP contribution is -1.93. The first-order valence-electron chi connectivity index (χ1n) is 4.06. The van der Waals surface area contributed by atoms with Gasteiger partial charge in [-0.1, -0.05) is 24.4 Å². The summed E-state index contributed by atoms with van der Waals surface area (Å²) in [5, 5.41) is 0.659. The van der Waals surface area contributed by atoms with E-state index in [1.54, 1.807) is 6.20 Å². The van der Waals surface area contributed by atoms with Crippen LogP contribution in [0.3, 0.4) is 0 Å². The summed E-state index contributed by atoms with van der Waals surface area (Å²) >= 11 is 5.72. The summed E-state index contributed by atoms with van der Waals surface area (Å²) in [5.74, 6) is 1.72. The molecule has 0 amide bonds. The molecule has 2 nitrogen and oxygen atoms in total. The highest BCUT2D eigenvalue weighted by Crippen LogP contribution is 2.32. The fourth-order valence-electron chi connectivity index (χ4n) is 1.72. The van der Waals surface area contributed by atoms with Crippen molar-refractivity contribution in [3.63, 3.8) is 0 Å². The van der Waals surface area contributed by atoms with Crippen molar-refractivity contribution in [3.8, 4) is 0 Å². The Balaban J connectivity index is 2.15. The molecule has 0 atom stereocenters. The number of aromatic amines is 1. The molecule has 1 aliphatic carbocycles. The van der Waals surface area contributed by atoms with Crippen LogP contribution in [0.5, 0.6) is 0 Å². The molecule has 1 heterocycles. The third-order valence-electron chi connectivity index (χ3n) is 2.31. The summed E-state index contributed by atoms with van der Waals surface area (Å²) in [4.78, 5) is 7.28. The van der Waals surface area contributed by atoms with E-state index < -0.39 is 0 Å². The highest BCUT2D eigenvalue weighted by molar-refractivity contribution is 6.29. The molecular formula is C8H11ClN2. The minimum atomic E-state index is 0.641. The fraction of sp³-hybridized carbons (Fsp3) is 0.625. The lowest BCUT2D eigenvalue weighted by Gasteiger charge is -2.02. The van der Waals surface area contributed by atoms with Gasteiger partial charge in [0.25, 0.3) is 0 Å². The molecule has 0 bridgehead atoms. The van der Waals surface area contributed by atoms with E-state index in [0.29, 0.717) is 11.1 Å². The third kappa shape index (κ3) is 1.41. The minimum absolute atomic E-state index is 0.641. The summed E-state index contributed by atoms with van der Waals surface area (Å²) in [7, 11) is 0. The third-order valence-corrected chi connectivity index (χ3v) is 2.50. The molecule has 60 valence electrons. The van der Waals surface area contributed by atoms with E-state index in [0.717, 1.165) is 5.82 Å². The molecule has 3 heteroatoms. The Morgan fingerprint density at radius 2 is 2.18 bits per heavy atom. The number of aromatic nitrogens is 2. The molecule has 0 aliphatic heterocycles. The van der Waals surface area contributed by atoms with Crippen molar-refractivity contribution in [2.45, 2.75) is 31.6 Å². The van der Waals surface area contributed by atoms with Gasteiger partial charge in [-0.2, -0.15) is 0 Å². The number of nitrogens with one attached hydrogen (secondary N) is 1. The van der Waals surface area contributed by atoms with E-state index in [4.69, 9.17) is 11.6 Å². The summed E-state index contributed by atoms with van der Waals surface area (Å²) in [6.07, 6.45) is 6.90. The van der Waals surface area contributed by atoms with Crippen LogP contribution in [-0.2, 0) is 0 Å². The van der Waals surface area contributed by atoms with E-state index >= 15 is 0 Å². The van der Waals surface area contributed by atoms with Crippen molar-refractivity contribution < 1.29 is 0 Å². The van der Waals surface area contributed by atoms with Gasteiger partial charge in [-0.05, 0) is 12.8 Å². The molecule has 0 spiro atoms. The van der Waals surface area contributed by atoms with E-state index in [9.17, 15) is 0 Å². The molecule has 1 saturated carbocycles. The van der Waals surface area contributed by atoms with Crippen LogP contribution < -0.4 is 0 Å². The van der Waals surface area contributed by atoms with E-state index in [-0.39, 0.29) is 0 Å². The SMILES string of the molecule is Clc1cnc(C2CCCC2)[nH]1. The Morgan fingerprint density at radius 1 is 1.45 bits per heavy atom. The Kier molecular flexibility index (Phi) is 1.86. The zero-order valence-corrected chi connectivity index (χ0v) is 7.06. The minimum Gasteiger partial charge on any atom is -0.333 e. The van der Waals surface area contributed by atoms with E-state index in [2.05, 4.69) is 9.97 Å². The number of imidazole rings is 1. The number of halogens is 1. The van der Waals surface area contributed by atoms with Crippen LogP contribution in [0.4, 0.5) is 0 Å². The largest absolute Gasteiger partial charge is 0.333 e. The molecule has 0 saturated heterocycles. The van der Waals surface area contributed by atoms with Crippen molar-refractivity contribution in [3.05, 3.63) is 17.2 Å². The van der Waals surface area contributed by atoms with E-state index in [1.807, 2.05) is 0 Å². The Hall–Kier alpha value is -0.500. The van der Waals surface area contributed by atoms with Crippen LogP contribution in [0.2, 0.25) is 5.15 Å². The van der Waals surface area contributed by atoms with Crippen LogP contribution in [0.15, 0.2) is 6.20 Å². The average molecular weight is 171 g/mol. The molecule has 0 aromatic carbocycles. The molecule has 11 heavy (non-hydrogen) atoms. The van der Waals surface area contributed by atoms with Gasteiger partial charge in [0, 0.05) is 5.92 Å². The van der Waals surface area contributed by atoms with Gasteiger partial charge in [0.1, 0.15) is 11.0 Å². The Morgan fingerprint density at radius 3 is 2.73 bits per heavy atom. The molecule has 1 N–H and O–H groups in total. The van der Waals surface area contributed by atoms with Gasteiger partial charge in [0.15, 0.2) is 0 Å². The van der Waals surface area contributed by atoms with Crippen molar-refractivity contribution in [2.75, 3.05) is 0 Å². The summed E-state index contributed by atoms with van der Waals surface area (Å²) in [5.41, 5.74) is 0. The van der Waals surface area contributed by atoms with Gasteiger partial charge in [-0.3, -0.25) is 0 Å². The van der Waals surface area contributed by atoms with Crippen LogP contribution in [0.1, 0.15) is 37.4 Å². The predicted octanol–water partition coefficient (Wildman–Crippen LogP) is 2.72.